The lowest BCUT2D eigenvalue weighted by Gasteiger charge is -2.32. The molecule has 0 aromatic carbocycles. The van der Waals surface area contributed by atoms with Gasteiger partial charge in [-0.15, -0.1) is 0 Å². The Kier molecular flexibility index (Phi) is 3.56. The summed E-state index contributed by atoms with van der Waals surface area (Å²) in [5.41, 5.74) is 6.30. The van der Waals surface area contributed by atoms with Crippen molar-refractivity contribution in [2.75, 3.05) is 6.54 Å². The number of hydrazone groups is 1. The maximum absolute atomic E-state index is 11.8. The van der Waals surface area contributed by atoms with Crippen molar-refractivity contribution < 1.29 is 9.90 Å². The van der Waals surface area contributed by atoms with Gasteiger partial charge in [0.1, 0.15) is 0 Å². The first kappa shape index (κ1) is 11.5. The highest BCUT2D eigenvalue weighted by Crippen LogP contribution is 2.26. The van der Waals surface area contributed by atoms with Crippen molar-refractivity contribution in [1.29, 1.82) is 0 Å². The standard InChI is InChI=1S/C11H19N3O2/c12-6-5-8-7-11(16)14(13-8)9-3-1-2-4-10(9)15/h9-10,15H,1-7,12H2. The van der Waals surface area contributed by atoms with Gasteiger partial charge in [-0.3, -0.25) is 4.79 Å². The number of rotatable bonds is 3. The van der Waals surface area contributed by atoms with Gasteiger partial charge in [0.15, 0.2) is 0 Å². The maximum Gasteiger partial charge on any atom is 0.248 e. The van der Waals surface area contributed by atoms with Crippen LogP contribution < -0.4 is 5.73 Å². The van der Waals surface area contributed by atoms with Gasteiger partial charge in [0.2, 0.25) is 5.91 Å². The summed E-state index contributed by atoms with van der Waals surface area (Å²) < 4.78 is 0. The molecule has 2 unspecified atom stereocenters. The molecule has 1 saturated carbocycles. The Morgan fingerprint density at radius 3 is 2.88 bits per heavy atom. The third-order valence-corrected chi connectivity index (χ3v) is 3.30. The van der Waals surface area contributed by atoms with Crippen molar-refractivity contribution in [1.82, 2.24) is 5.01 Å². The van der Waals surface area contributed by atoms with Gasteiger partial charge in [-0.05, 0) is 19.4 Å². The van der Waals surface area contributed by atoms with Gasteiger partial charge in [0, 0.05) is 12.1 Å². The van der Waals surface area contributed by atoms with E-state index in [0.717, 1.165) is 31.4 Å². The number of hydrogen-bond donors (Lipinski definition) is 2. The Balaban J connectivity index is 2.05. The summed E-state index contributed by atoms with van der Waals surface area (Å²) in [5.74, 6) is 0.00870. The lowest BCUT2D eigenvalue weighted by Crippen LogP contribution is -2.43. The van der Waals surface area contributed by atoms with Crippen molar-refractivity contribution in [2.45, 2.75) is 50.7 Å². The van der Waals surface area contributed by atoms with Crippen LogP contribution in [-0.4, -0.2) is 40.4 Å². The molecule has 2 atom stereocenters. The van der Waals surface area contributed by atoms with Crippen LogP contribution in [0.3, 0.4) is 0 Å². The summed E-state index contributed by atoms with van der Waals surface area (Å²) in [4.78, 5) is 11.8. The molecule has 5 nitrogen and oxygen atoms in total. The Labute approximate surface area is 95.3 Å². The lowest BCUT2D eigenvalue weighted by atomic mass is 9.92. The Bertz CT molecular complexity index is 304. The first-order valence-electron chi connectivity index (χ1n) is 5.99. The average Bonchev–Trinajstić information content (AvgIpc) is 2.61. The molecule has 1 aliphatic heterocycles. The van der Waals surface area contributed by atoms with Crippen LogP contribution in [0.4, 0.5) is 0 Å². The minimum atomic E-state index is -0.418. The number of aliphatic hydroxyl groups excluding tert-OH is 1. The molecule has 1 fully saturated rings. The summed E-state index contributed by atoms with van der Waals surface area (Å²) in [7, 11) is 0. The smallest absolute Gasteiger partial charge is 0.248 e. The highest BCUT2D eigenvalue weighted by atomic mass is 16.3. The summed E-state index contributed by atoms with van der Waals surface area (Å²) >= 11 is 0. The van der Waals surface area contributed by atoms with E-state index < -0.39 is 6.10 Å². The van der Waals surface area contributed by atoms with Crippen LogP contribution in [-0.2, 0) is 4.79 Å². The lowest BCUT2D eigenvalue weighted by molar-refractivity contribution is -0.134. The van der Waals surface area contributed by atoms with Crippen LogP contribution in [0, 0.1) is 0 Å². The molecule has 2 rings (SSSR count). The van der Waals surface area contributed by atoms with Gasteiger partial charge >= 0.3 is 0 Å². The third kappa shape index (κ3) is 2.25. The number of carbonyl (C=O) groups is 1. The van der Waals surface area contributed by atoms with Crippen LogP contribution >= 0.6 is 0 Å². The highest BCUT2D eigenvalue weighted by molar-refractivity contribution is 6.05. The van der Waals surface area contributed by atoms with E-state index in [1.54, 1.807) is 0 Å². The number of hydrogen-bond acceptors (Lipinski definition) is 4. The fourth-order valence-corrected chi connectivity index (χ4v) is 2.44. The van der Waals surface area contributed by atoms with Gasteiger partial charge in [0.05, 0.1) is 18.6 Å². The maximum atomic E-state index is 11.8. The molecule has 2 aliphatic rings. The van der Waals surface area contributed by atoms with Gasteiger partial charge < -0.3 is 10.8 Å². The van der Waals surface area contributed by atoms with Crippen LogP contribution in [0.25, 0.3) is 0 Å². The van der Waals surface area contributed by atoms with Crippen LogP contribution in [0.5, 0.6) is 0 Å². The number of nitrogens with two attached hydrogens (primary N) is 1. The summed E-state index contributed by atoms with van der Waals surface area (Å²) in [6.45, 7) is 0.521. The van der Waals surface area contributed by atoms with E-state index in [2.05, 4.69) is 5.10 Å². The molecular weight excluding hydrogens is 206 g/mol. The first-order chi connectivity index (χ1) is 7.72. The molecule has 1 amide bonds. The number of nitrogens with zero attached hydrogens (tertiary/aromatic N) is 2. The highest BCUT2D eigenvalue weighted by Gasteiger charge is 2.35. The van der Waals surface area contributed by atoms with Gasteiger partial charge in [-0.2, -0.15) is 5.10 Å². The zero-order chi connectivity index (χ0) is 11.5. The molecule has 0 radical (unpaired) electrons. The van der Waals surface area contributed by atoms with E-state index in [0.29, 0.717) is 19.4 Å². The number of aliphatic hydroxyl groups is 1. The van der Waals surface area contributed by atoms with E-state index in [4.69, 9.17) is 5.73 Å². The zero-order valence-electron chi connectivity index (χ0n) is 9.43. The van der Waals surface area contributed by atoms with Crippen LogP contribution in [0.2, 0.25) is 0 Å². The predicted octanol–water partition coefficient (Wildman–Crippen LogP) is 0.227. The van der Waals surface area contributed by atoms with Crippen molar-refractivity contribution >= 4 is 11.6 Å². The largest absolute Gasteiger partial charge is 0.391 e. The van der Waals surface area contributed by atoms with E-state index in [-0.39, 0.29) is 11.9 Å². The molecular formula is C11H19N3O2. The van der Waals surface area contributed by atoms with Crippen molar-refractivity contribution in [3.63, 3.8) is 0 Å². The Morgan fingerprint density at radius 2 is 2.19 bits per heavy atom. The molecule has 3 N–H and O–H groups in total. The van der Waals surface area contributed by atoms with Gasteiger partial charge in [0.25, 0.3) is 0 Å². The fraction of sp³-hybridized carbons (Fsp3) is 0.818. The monoisotopic (exact) mass is 225 g/mol. The first-order valence-corrected chi connectivity index (χ1v) is 5.99. The van der Waals surface area contributed by atoms with Gasteiger partial charge in [-0.25, -0.2) is 5.01 Å². The second-order valence-electron chi connectivity index (χ2n) is 4.54. The van der Waals surface area contributed by atoms with Crippen molar-refractivity contribution in [3.8, 4) is 0 Å². The Hall–Kier alpha value is -0.940. The average molecular weight is 225 g/mol. The van der Waals surface area contributed by atoms with Crippen LogP contribution in [0.15, 0.2) is 5.10 Å². The molecule has 0 aromatic rings. The van der Waals surface area contributed by atoms with Crippen molar-refractivity contribution in [3.05, 3.63) is 0 Å². The number of amides is 1. The Morgan fingerprint density at radius 1 is 1.44 bits per heavy atom. The molecule has 90 valence electrons. The van der Waals surface area contributed by atoms with E-state index >= 15 is 0 Å². The van der Waals surface area contributed by atoms with E-state index in [9.17, 15) is 9.90 Å². The molecule has 0 saturated heterocycles. The summed E-state index contributed by atoms with van der Waals surface area (Å²) in [6.07, 6.45) is 4.36. The topological polar surface area (TPSA) is 78.9 Å². The summed E-state index contributed by atoms with van der Waals surface area (Å²) in [5, 5.41) is 15.7. The zero-order valence-corrected chi connectivity index (χ0v) is 9.43. The normalized spacial score (nSPS) is 30.8. The van der Waals surface area contributed by atoms with Crippen LogP contribution in [0.1, 0.15) is 38.5 Å². The second-order valence-corrected chi connectivity index (χ2v) is 4.54. The molecule has 0 bridgehead atoms. The third-order valence-electron chi connectivity index (χ3n) is 3.30. The molecule has 0 spiro atoms. The fourth-order valence-electron chi connectivity index (χ4n) is 2.44. The second kappa shape index (κ2) is 4.93. The minimum absolute atomic E-state index is 0.00870. The molecule has 1 heterocycles. The minimum Gasteiger partial charge on any atom is -0.391 e. The van der Waals surface area contributed by atoms with Crippen molar-refractivity contribution in [2.24, 2.45) is 10.8 Å². The van der Waals surface area contributed by atoms with Gasteiger partial charge in [-0.1, -0.05) is 12.8 Å². The number of carbonyl (C=O) groups excluding carboxylic acids is 1. The SMILES string of the molecule is NCCC1=NN(C2CCCCC2O)C(=O)C1. The molecule has 0 aromatic heterocycles. The van der Waals surface area contributed by atoms with E-state index in [1.165, 1.54) is 5.01 Å². The molecule has 5 heteroatoms. The molecule has 1 aliphatic carbocycles. The summed E-state index contributed by atoms with van der Waals surface area (Å²) in [6, 6.07) is -0.114. The van der Waals surface area contributed by atoms with E-state index in [1.807, 2.05) is 0 Å². The quantitative estimate of drug-likeness (QED) is 0.721. The predicted molar refractivity (Wildman–Crippen MR) is 60.8 cm³/mol. The molecule has 16 heavy (non-hydrogen) atoms.